The maximum Gasteiger partial charge on any atom is 0.260 e. The number of amides is 1. The fourth-order valence-corrected chi connectivity index (χ4v) is 5.14. The topological polar surface area (TPSA) is 79.4 Å². The number of carbonyl (C=O) groups excluding carboxylic acids is 1. The minimum atomic E-state index is -3.64. The number of aromatic nitrogens is 1. The molecule has 1 aliphatic rings. The highest BCUT2D eigenvalue weighted by molar-refractivity contribution is 7.89. The molecule has 1 heterocycles. The molecule has 1 aromatic heterocycles. The van der Waals surface area contributed by atoms with E-state index in [0.29, 0.717) is 5.13 Å². The third kappa shape index (κ3) is 4.51. The summed E-state index contributed by atoms with van der Waals surface area (Å²) in [4.78, 5) is 19.4. The van der Waals surface area contributed by atoms with Gasteiger partial charge in [0.15, 0.2) is 5.13 Å². The molecule has 8 heteroatoms. The number of hydrogen-bond donors (Lipinski definition) is 1. The molecule has 4 rings (SSSR count). The van der Waals surface area contributed by atoms with E-state index in [4.69, 9.17) is 0 Å². The van der Waals surface area contributed by atoms with Crippen LogP contribution >= 0.6 is 11.3 Å². The van der Waals surface area contributed by atoms with Gasteiger partial charge in [0.2, 0.25) is 10.0 Å². The van der Waals surface area contributed by atoms with Crippen LogP contribution in [0.25, 0.3) is 11.3 Å². The van der Waals surface area contributed by atoms with Gasteiger partial charge in [0.05, 0.1) is 10.6 Å². The molecule has 154 valence electrons. The second kappa shape index (κ2) is 8.51. The lowest BCUT2D eigenvalue weighted by Gasteiger charge is -2.18. The first-order chi connectivity index (χ1) is 14.5. The number of thiazole rings is 1. The van der Waals surface area contributed by atoms with Crippen molar-refractivity contribution in [1.29, 1.82) is 0 Å². The van der Waals surface area contributed by atoms with E-state index in [2.05, 4.69) is 16.3 Å². The van der Waals surface area contributed by atoms with Crippen LogP contribution in [0.2, 0.25) is 0 Å². The Labute approximate surface area is 179 Å². The quantitative estimate of drug-likeness (QED) is 0.536. The molecule has 1 saturated carbocycles. The number of carbonyl (C=O) groups is 1. The van der Waals surface area contributed by atoms with Crippen molar-refractivity contribution in [2.75, 3.05) is 11.4 Å². The molecule has 0 spiro atoms. The van der Waals surface area contributed by atoms with Gasteiger partial charge in [-0.05, 0) is 31.0 Å². The normalized spacial score (nSPS) is 13.7. The number of sulfonamides is 1. The summed E-state index contributed by atoms with van der Waals surface area (Å²) in [6.07, 6.45) is 3.31. The second-order valence-electron chi connectivity index (χ2n) is 7.01. The Balaban J connectivity index is 1.62. The van der Waals surface area contributed by atoms with Crippen molar-refractivity contribution >= 4 is 32.4 Å². The Bertz CT molecular complexity index is 1170. The van der Waals surface area contributed by atoms with E-state index in [9.17, 15) is 13.2 Å². The first kappa shape index (κ1) is 20.5. The molecule has 1 aliphatic carbocycles. The number of nitrogens with one attached hydrogen (secondary N) is 1. The number of nitrogens with zero attached hydrogens (tertiary/aromatic N) is 2. The lowest BCUT2D eigenvalue weighted by molar-refractivity contribution is 0.0989. The SMILES string of the molecule is C=CCN(C(=O)c1cccc(S(=O)(=O)NC2CC2)c1)c1nc(-c2ccccc2)cs1. The van der Waals surface area contributed by atoms with Gasteiger partial charge >= 0.3 is 0 Å². The van der Waals surface area contributed by atoms with Crippen molar-refractivity contribution in [3.8, 4) is 11.3 Å². The minimum absolute atomic E-state index is 0.00153. The van der Waals surface area contributed by atoms with Gasteiger partial charge in [-0.1, -0.05) is 42.5 Å². The Kier molecular flexibility index (Phi) is 5.80. The van der Waals surface area contributed by atoms with Crippen LogP contribution in [-0.2, 0) is 10.0 Å². The molecule has 0 aliphatic heterocycles. The fourth-order valence-electron chi connectivity index (χ4n) is 2.95. The van der Waals surface area contributed by atoms with E-state index < -0.39 is 10.0 Å². The molecule has 3 aromatic rings. The summed E-state index contributed by atoms with van der Waals surface area (Å²) in [5.74, 6) is -0.327. The zero-order chi connectivity index (χ0) is 21.1. The molecule has 1 N–H and O–H groups in total. The van der Waals surface area contributed by atoms with Gasteiger partial charge in [0.1, 0.15) is 0 Å². The number of rotatable bonds is 8. The van der Waals surface area contributed by atoms with E-state index in [1.54, 1.807) is 18.2 Å². The van der Waals surface area contributed by atoms with Crippen LogP contribution in [0.15, 0.2) is 77.5 Å². The van der Waals surface area contributed by atoms with Crippen LogP contribution in [0.4, 0.5) is 5.13 Å². The van der Waals surface area contributed by atoms with Crippen molar-refractivity contribution in [1.82, 2.24) is 9.71 Å². The van der Waals surface area contributed by atoms with Crippen LogP contribution in [0.3, 0.4) is 0 Å². The summed E-state index contributed by atoms with van der Waals surface area (Å²) >= 11 is 1.36. The van der Waals surface area contributed by atoms with Gasteiger partial charge in [-0.15, -0.1) is 17.9 Å². The Morgan fingerprint density at radius 3 is 2.67 bits per heavy atom. The molecule has 30 heavy (non-hydrogen) atoms. The predicted molar refractivity (Wildman–Crippen MR) is 119 cm³/mol. The zero-order valence-electron chi connectivity index (χ0n) is 16.2. The van der Waals surface area contributed by atoms with Gasteiger partial charge in [-0.3, -0.25) is 9.69 Å². The molecule has 0 bridgehead atoms. The molecule has 1 amide bonds. The molecule has 0 saturated heterocycles. The summed E-state index contributed by atoms with van der Waals surface area (Å²) < 4.78 is 27.7. The molecule has 0 unspecified atom stereocenters. The highest BCUT2D eigenvalue weighted by Gasteiger charge is 2.29. The molecular formula is C22H21N3O3S2. The summed E-state index contributed by atoms with van der Waals surface area (Å²) in [6, 6.07) is 15.8. The molecule has 6 nitrogen and oxygen atoms in total. The van der Waals surface area contributed by atoms with Crippen LogP contribution in [-0.4, -0.2) is 31.9 Å². The van der Waals surface area contributed by atoms with Crippen molar-refractivity contribution in [2.24, 2.45) is 0 Å². The maximum absolute atomic E-state index is 13.2. The first-order valence-corrected chi connectivity index (χ1v) is 11.9. The lowest BCUT2D eigenvalue weighted by atomic mass is 10.2. The molecule has 0 radical (unpaired) electrons. The van der Waals surface area contributed by atoms with Gasteiger partial charge in [0.25, 0.3) is 5.91 Å². The van der Waals surface area contributed by atoms with Crippen molar-refractivity contribution in [2.45, 2.75) is 23.8 Å². The number of anilines is 1. The highest BCUT2D eigenvalue weighted by atomic mass is 32.2. The zero-order valence-corrected chi connectivity index (χ0v) is 17.8. The molecular weight excluding hydrogens is 418 g/mol. The van der Waals surface area contributed by atoms with Crippen LogP contribution < -0.4 is 9.62 Å². The van der Waals surface area contributed by atoms with E-state index >= 15 is 0 Å². The predicted octanol–water partition coefficient (Wildman–Crippen LogP) is 4.08. The Morgan fingerprint density at radius 2 is 1.97 bits per heavy atom. The summed E-state index contributed by atoms with van der Waals surface area (Å²) in [5.41, 5.74) is 2.03. The largest absolute Gasteiger partial charge is 0.280 e. The first-order valence-electron chi connectivity index (χ1n) is 9.54. The van der Waals surface area contributed by atoms with E-state index in [0.717, 1.165) is 24.1 Å². The van der Waals surface area contributed by atoms with Gasteiger partial charge < -0.3 is 0 Å². The van der Waals surface area contributed by atoms with E-state index in [1.807, 2.05) is 35.7 Å². The number of hydrogen-bond acceptors (Lipinski definition) is 5. The molecule has 0 atom stereocenters. The third-order valence-corrected chi connectivity index (χ3v) is 7.02. The molecule has 1 fully saturated rings. The van der Waals surface area contributed by atoms with Gasteiger partial charge in [-0.25, -0.2) is 18.1 Å². The lowest BCUT2D eigenvalue weighted by Crippen LogP contribution is -2.31. The molecule has 2 aromatic carbocycles. The van der Waals surface area contributed by atoms with Gasteiger partial charge in [0, 0.05) is 29.1 Å². The monoisotopic (exact) mass is 439 g/mol. The smallest absolute Gasteiger partial charge is 0.260 e. The number of benzene rings is 2. The summed E-state index contributed by atoms with van der Waals surface area (Å²) in [5, 5.41) is 2.43. The van der Waals surface area contributed by atoms with E-state index in [-0.39, 0.29) is 29.0 Å². The standard InChI is InChI=1S/C22H21N3O3S2/c1-2-13-25(22-23-20(15-29-22)16-7-4-3-5-8-16)21(26)17-9-6-10-19(14-17)30(27,28)24-18-11-12-18/h2-10,14-15,18,24H,1,11-13H2. The fraction of sp³-hybridized carbons (Fsp3) is 0.182. The van der Waals surface area contributed by atoms with Gasteiger partial charge in [-0.2, -0.15) is 0 Å². The summed E-state index contributed by atoms with van der Waals surface area (Å²) in [7, 11) is -3.64. The maximum atomic E-state index is 13.2. The average Bonchev–Trinajstić information content (AvgIpc) is 3.43. The van der Waals surface area contributed by atoms with E-state index in [1.165, 1.54) is 28.4 Å². The second-order valence-corrected chi connectivity index (χ2v) is 9.56. The van der Waals surface area contributed by atoms with Crippen LogP contribution in [0, 0.1) is 0 Å². The average molecular weight is 440 g/mol. The Morgan fingerprint density at radius 1 is 1.20 bits per heavy atom. The van der Waals surface area contributed by atoms with Crippen LogP contribution in [0.1, 0.15) is 23.2 Å². The van der Waals surface area contributed by atoms with Crippen LogP contribution in [0.5, 0.6) is 0 Å². The minimum Gasteiger partial charge on any atom is -0.280 e. The van der Waals surface area contributed by atoms with Crippen molar-refractivity contribution in [3.63, 3.8) is 0 Å². The summed E-state index contributed by atoms with van der Waals surface area (Å²) in [6.45, 7) is 4.00. The third-order valence-electron chi connectivity index (χ3n) is 4.64. The van der Waals surface area contributed by atoms with Crippen molar-refractivity contribution in [3.05, 3.63) is 78.2 Å². The highest BCUT2D eigenvalue weighted by Crippen LogP contribution is 2.29. The van der Waals surface area contributed by atoms with Crippen molar-refractivity contribution < 1.29 is 13.2 Å². The Hall–Kier alpha value is -2.81.